The molecule has 0 aliphatic heterocycles. The van der Waals surface area contributed by atoms with E-state index in [9.17, 15) is 0 Å². The number of hydrogen-bond donors (Lipinski definition) is 1. The van der Waals surface area contributed by atoms with E-state index in [-0.39, 0.29) is 0 Å². The van der Waals surface area contributed by atoms with Crippen molar-refractivity contribution in [2.24, 2.45) is 0 Å². The molecule has 6 nitrogen and oxygen atoms in total. The van der Waals surface area contributed by atoms with Crippen molar-refractivity contribution < 1.29 is 4.42 Å². The van der Waals surface area contributed by atoms with Gasteiger partial charge in [-0.3, -0.25) is 5.32 Å². The maximum Gasteiger partial charge on any atom is 0.301 e. The van der Waals surface area contributed by atoms with E-state index in [0.29, 0.717) is 6.01 Å². The number of aryl methyl sites for hydroxylation is 1. The van der Waals surface area contributed by atoms with Gasteiger partial charge in [0, 0.05) is 11.5 Å². The summed E-state index contributed by atoms with van der Waals surface area (Å²) >= 11 is 0. The molecule has 0 amide bonds. The largest absolute Gasteiger partial charge is 0.423 e. The second kappa shape index (κ2) is 5.70. The minimum absolute atomic E-state index is 0.424. The molecule has 0 aliphatic rings. The highest BCUT2D eigenvalue weighted by Gasteiger charge is 2.13. The van der Waals surface area contributed by atoms with Gasteiger partial charge in [-0.15, -0.1) is 0 Å². The Labute approximate surface area is 149 Å². The minimum Gasteiger partial charge on any atom is -0.423 e. The van der Waals surface area contributed by atoms with E-state index in [1.165, 1.54) is 0 Å². The van der Waals surface area contributed by atoms with Crippen LogP contribution in [0.4, 0.5) is 11.8 Å². The van der Waals surface area contributed by atoms with Crippen LogP contribution in [-0.2, 0) is 0 Å². The Morgan fingerprint density at radius 1 is 0.885 bits per heavy atom. The van der Waals surface area contributed by atoms with E-state index in [1.807, 2.05) is 73.7 Å². The third-order valence-electron chi connectivity index (χ3n) is 4.16. The Kier molecular flexibility index (Phi) is 3.21. The quantitative estimate of drug-likeness (QED) is 0.519. The van der Waals surface area contributed by atoms with Crippen LogP contribution in [-0.4, -0.2) is 19.7 Å². The van der Waals surface area contributed by atoms with Gasteiger partial charge in [-0.2, -0.15) is 14.8 Å². The number of hydrogen-bond acceptors (Lipinski definition) is 5. The van der Waals surface area contributed by atoms with Gasteiger partial charge in [-0.05, 0) is 37.3 Å². The van der Waals surface area contributed by atoms with E-state index in [1.54, 1.807) is 4.68 Å². The lowest BCUT2D eigenvalue weighted by Gasteiger charge is -2.07. The molecule has 2 aromatic carbocycles. The van der Waals surface area contributed by atoms with Gasteiger partial charge in [0.1, 0.15) is 11.3 Å². The Morgan fingerprint density at radius 3 is 2.58 bits per heavy atom. The predicted octanol–water partition coefficient (Wildman–Crippen LogP) is 4.61. The summed E-state index contributed by atoms with van der Waals surface area (Å²) in [4.78, 5) is 9.18. The third kappa shape index (κ3) is 2.48. The molecule has 0 fully saturated rings. The Hall–Kier alpha value is -3.67. The summed E-state index contributed by atoms with van der Waals surface area (Å²) in [6, 6.07) is 22.0. The molecule has 5 aromatic rings. The maximum atomic E-state index is 5.76. The highest BCUT2D eigenvalue weighted by molar-refractivity contribution is 5.79. The number of oxazole rings is 1. The van der Waals surface area contributed by atoms with Crippen molar-refractivity contribution >= 4 is 33.8 Å². The SMILES string of the molecule is Cc1cc(Nc2nc3ccccc3o2)n(-c2ccc3ccccc3n2)n1. The Bertz CT molecular complexity index is 1200. The minimum atomic E-state index is 0.424. The van der Waals surface area contributed by atoms with E-state index in [0.717, 1.165) is 39.3 Å². The van der Waals surface area contributed by atoms with E-state index < -0.39 is 0 Å². The van der Waals surface area contributed by atoms with Crippen molar-refractivity contribution in [2.45, 2.75) is 6.92 Å². The molecule has 0 atom stereocenters. The van der Waals surface area contributed by atoms with Gasteiger partial charge >= 0.3 is 6.01 Å². The lowest BCUT2D eigenvalue weighted by molar-refractivity contribution is 0.621. The zero-order chi connectivity index (χ0) is 17.5. The van der Waals surface area contributed by atoms with Crippen LogP contribution in [0.1, 0.15) is 5.69 Å². The second-order valence-corrected chi connectivity index (χ2v) is 6.06. The molecule has 0 unspecified atom stereocenters. The molecule has 5 rings (SSSR count). The topological polar surface area (TPSA) is 68.8 Å². The number of anilines is 2. The van der Waals surface area contributed by atoms with Crippen molar-refractivity contribution in [3.05, 3.63) is 72.4 Å². The van der Waals surface area contributed by atoms with Gasteiger partial charge < -0.3 is 4.42 Å². The van der Waals surface area contributed by atoms with Crippen molar-refractivity contribution in [1.82, 2.24) is 19.7 Å². The highest BCUT2D eigenvalue weighted by Crippen LogP contribution is 2.24. The molecular weight excluding hydrogens is 326 g/mol. The van der Waals surface area contributed by atoms with Crippen molar-refractivity contribution in [3.63, 3.8) is 0 Å². The fraction of sp³-hybridized carbons (Fsp3) is 0.0500. The van der Waals surface area contributed by atoms with Crippen LogP contribution in [0.2, 0.25) is 0 Å². The third-order valence-corrected chi connectivity index (χ3v) is 4.16. The molecule has 6 heteroatoms. The number of rotatable bonds is 3. The molecule has 0 radical (unpaired) electrons. The normalized spacial score (nSPS) is 11.3. The average molecular weight is 341 g/mol. The monoisotopic (exact) mass is 341 g/mol. The lowest BCUT2D eigenvalue weighted by atomic mass is 10.2. The molecule has 0 spiro atoms. The van der Waals surface area contributed by atoms with Gasteiger partial charge in [0.05, 0.1) is 11.2 Å². The van der Waals surface area contributed by atoms with Crippen molar-refractivity contribution in [2.75, 3.05) is 5.32 Å². The van der Waals surface area contributed by atoms with Crippen LogP contribution < -0.4 is 5.32 Å². The van der Waals surface area contributed by atoms with Crippen LogP contribution in [0.3, 0.4) is 0 Å². The van der Waals surface area contributed by atoms with E-state index in [4.69, 9.17) is 9.40 Å². The molecule has 0 saturated heterocycles. The Balaban J connectivity index is 1.57. The van der Waals surface area contributed by atoms with E-state index in [2.05, 4.69) is 15.4 Å². The number of nitrogens with zero attached hydrogens (tertiary/aromatic N) is 4. The number of fused-ring (bicyclic) bond motifs is 2. The van der Waals surface area contributed by atoms with Crippen molar-refractivity contribution in [1.29, 1.82) is 0 Å². The smallest absolute Gasteiger partial charge is 0.301 e. The van der Waals surface area contributed by atoms with E-state index >= 15 is 0 Å². The lowest BCUT2D eigenvalue weighted by Crippen LogP contribution is -2.04. The Morgan fingerprint density at radius 2 is 1.69 bits per heavy atom. The van der Waals surface area contributed by atoms with Gasteiger partial charge in [0.2, 0.25) is 0 Å². The number of nitrogens with one attached hydrogen (secondary N) is 1. The second-order valence-electron chi connectivity index (χ2n) is 6.06. The molecule has 0 bridgehead atoms. The van der Waals surface area contributed by atoms with Crippen LogP contribution >= 0.6 is 0 Å². The molecule has 3 aromatic heterocycles. The molecule has 26 heavy (non-hydrogen) atoms. The van der Waals surface area contributed by atoms with Gasteiger partial charge in [-0.1, -0.05) is 30.3 Å². The fourth-order valence-corrected chi connectivity index (χ4v) is 2.97. The molecule has 126 valence electrons. The summed E-state index contributed by atoms with van der Waals surface area (Å²) in [5.41, 5.74) is 3.34. The number of aromatic nitrogens is 4. The first-order valence-corrected chi connectivity index (χ1v) is 8.32. The molecule has 0 saturated carbocycles. The summed E-state index contributed by atoms with van der Waals surface area (Å²) in [7, 11) is 0. The highest BCUT2D eigenvalue weighted by atomic mass is 16.4. The average Bonchev–Trinajstić information content (AvgIpc) is 3.24. The van der Waals surface area contributed by atoms with Gasteiger partial charge in [0.25, 0.3) is 0 Å². The molecule has 0 aliphatic carbocycles. The summed E-state index contributed by atoms with van der Waals surface area (Å²) in [5.74, 6) is 1.48. The van der Waals surface area contributed by atoms with Crippen LogP contribution in [0.25, 0.3) is 27.8 Å². The standard InChI is InChI=1S/C20H15N5O/c1-13-12-19(23-20-22-16-8-4-5-9-17(16)26-20)25(24-13)18-11-10-14-6-2-3-7-15(14)21-18/h2-12H,1H3,(H,22,23). The van der Waals surface area contributed by atoms with Crippen LogP contribution in [0.15, 0.2) is 71.1 Å². The molecular formula is C20H15N5O. The summed E-state index contributed by atoms with van der Waals surface area (Å²) in [5, 5.41) is 8.86. The number of pyridine rings is 1. The van der Waals surface area contributed by atoms with Gasteiger partial charge in [0.15, 0.2) is 11.4 Å². The fourth-order valence-electron chi connectivity index (χ4n) is 2.97. The summed E-state index contributed by atoms with van der Waals surface area (Å²) < 4.78 is 7.52. The number of para-hydroxylation sites is 3. The first-order chi connectivity index (χ1) is 12.8. The van der Waals surface area contributed by atoms with Gasteiger partial charge in [-0.25, -0.2) is 4.98 Å². The maximum absolute atomic E-state index is 5.76. The van der Waals surface area contributed by atoms with Crippen LogP contribution in [0.5, 0.6) is 0 Å². The molecule has 3 heterocycles. The van der Waals surface area contributed by atoms with Crippen LogP contribution in [0, 0.1) is 6.92 Å². The zero-order valence-corrected chi connectivity index (χ0v) is 14.0. The molecule has 1 N–H and O–H groups in total. The summed E-state index contributed by atoms with van der Waals surface area (Å²) in [6.07, 6.45) is 0. The first-order valence-electron chi connectivity index (χ1n) is 8.32. The van der Waals surface area contributed by atoms with Crippen molar-refractivity contribution in [3.8, 4) is 5.82 Å². The first kappa shape index (κ1) is 14.7. The number of benzene rings is 2. The predicted molar refractivity (Wildman–Crippen MR) is 101 cm³/mol. The zero-order valence-electron chi connectivity index (χ0n) is 14.0. The summed E-state index contributed by atoms with van der Waals surface area (Å²) in [6.45, 7) is 1.94.